The first-order chi connectivity index (χ1) is 2.91. The Kier molecular flexibility index (Phi) is 4.09. The molecule has 1 saturated heterocycles. The summed E-state index contributed by atoms with van der Waals surface area (Å²) in [7, 11) is 0. The van der Waals surface area contributed by atoms with E-state index < -0.39 is 0 Å². The van der Waals surface area contributed by atoms with Gasteiger partial charge in [-0.1, -0.05) is 13.2 Å². The second-order valence-electron chi connectivity index (χ2n) is 0.862. The summed E-state index contributed by atoms with van der Waals surface area (Å²) in [5.41, 5.74) is 2.25. The lowest BCUT2D eigenvalue weighted by molar-refractivity contribution is 0.475. The van der Waals surface area contributed by atoms with E-state index in [1.165, 1.54) is 0 Å². The third kappa shape index (κ3) is 92.9. The van der Waals surface area contributed by atoms with Gasteiger partial charge >= 0.3 is 0 Å². The summed E-state index contributed by atoms with van der Waals surface area (Å²) in [6, 6.07) is 0. The van der Waals surface area contributed by atoms with E-state index in [1.54, 1.807) is 0 Å². The van der Waals surface area contributed by atoms with Gasteiger partial charge in [-0.25, -0.2) is 0 Å². The highest BCUT2D eigenvalue weighted by Crippen LogP contribution is 1.84. The van der Waals surface area contributed by atoms with Crippen LogP contribution in [0.4, 0.5) is 0 Å². The quantitative estimate of drug-likeness (QED) is 0.315. The highest BCUT2D eigenvalue weighted by Gasteiger charge is 1.94. The molecule has 0 aliphatic carbocycles. The highest BCUT2D eigenvalue weighted by atomic mass is 16.6. The summed E-state index contributed by atoms with van der Waals surface area (Å²) in [5.74, 6) is 0. The van der Waals surface area contributed by atoms with Crippen molar-refractivity contribution in [3.05, 3.63) is 18.9 Å². The number of ether oxygens (including phenoxy) is 1. The number of rotatable bonds is 0. The van der Waals surface area contributed by atoms with Crippen LogP contribution in [0.5, 0.6) is 0 Å². The van der Waals surface area contributed by atoms with Crippen molar-refractivity contribution in [2.24, 2.45) is 0 Å². The Labute approximate surface area is 37.9 Å². The van der Waals surface area contributed by atoms with E-state index in [0.717, 1.165) is 13.2 Å². The third-order valence-corrected chi connectivity index (χ3v) is 0.204. The predicted octanol–water partition coefficient (Wildman–Crippen LogP) is 0.974. The van der Waals surface area contributed by atoms with Crippen LogP contribution in [0, 0.1) is 0 Å². The molecule has 0 amide bonds. The van der Waals surface area contributed by atoms with E-state index in [2.05, 4.69) is 23.6 Å². The highest BCUT2D eigenvalue weighted by molar-refractivity contribution is 4.51. The van der Waals surface area contributed by atoms with Crippen LogP contribution < -0.4 is 0 Å². The van der Waals surface area contributed by atoms with Gasteiger partial charge in [0.25, 0.3) is 0 Å². The molecule has 0 atom stereocenters. The van der Waals surface area contributed by atoms with Crippen LogP contribution in [0.1, 0.15) is 0 Å². The van der Waals surface area contributed by atoms with E-state index in [9.17, 15) is 0 Å². The van der Waals surface area contributed by atoms with Crippen LogP contribution in [-0.2, 0) is 4.74 Å². The average Bonchev–Trinajstić information content (AvgIpc) is 2.11. The number of epoxide rings is 1. The molecule has 0 radical (unpaired) electrons. The maximum Gasteiger partial charge on any atom is 0.0701 e. The van der Waals surface area contributed by atoms with E-state index in [0.29, 0.717) is 0 Å². The van der Waals surface area contributed by atoms with Crippen LogP contribution in [0.2, 0.25) is 0 Å². The molecular weight excluding hydrogens is 76.1 g/mol. The molecule has 0 unspecified atom stereocenters. The molecule has 34 valence electrons. The molecule has 1 aliphatic rings. The SMILES string of the molecule is C1CO1.C=C=C. The van der Waals surface area contributed by atoms with E-state index in [1.807, 2.05) is 0 Å². The molecule has 0 spiro atoms. The maximum atomic E-state index is 4.50. The van der Waals surface area contributed by atoms with E-state index in [4.69, 9.17) is 0 Å². The van der Waals surface area contributed by atoms with Crippen molar-refractivity contribution in [2.45, 2.75) is 0 Å². The van der Waals surface area contributed by atoms with Gasteiger partial charge in [0, 0.05) is 0 Å². The van der Waals surface area contributed by atoms with Crippen molar-refractivity contribution in [1.82, 2.24) is 0 Å². The summed E-state index contributed by atoms with van der Waals surface area (Å²) < 4.78 is 4.50. The first-order valence-corrected chi connectivity index (χ1v) is 1.78. The first-order valence-electron chi connectivity index (χ1n) is 1.78. The predicted molar refractivity (Wildman–Crippen MR) is 25.6 cm³/mol. The van der Waals surface area contributed by atoms with Crippen molar-refractivity contribution in [3.63, 3.8) is 0 Å². The van der Waals surface area contributed by atoms with Crippen LogP contribution >= 0.6 is 0 Å². The monoisotopic (exact) mass is 84.1 g/mol. The standard InChI is InChI=1S/C3H4.C2H4O/c1-3-2;1-2-3-1/h2*1-2H2. The minimum absolute atomic E-state index is 1.00. The Morgan fingerprint density at radius 2 is 1.50 bits per heavy atom. The van der Waals surface area contributed by atoms with E-state index in [-0.39, 0.29) is 0 Å². The Bertz CT molecular complexity index is 46.2. The summed E-state index contributed by atoms with van der Waals surface area (Å²) in [6.45, 7) is 8.25. The van der Waals surface area contributed by atoms with Gasteiger partial charge in [0.2, 0.25) is 0 Å². The van der Waals surface area contributed by atoms with Gasteiger partial charge in [0.1, 0.15) is 0 Å². The molecule has 1 rings (SSSR count). The number of hydrogen-bond donors (Lipinski definition) is 0. The molecule has 0 N–H and O–H groups in total. The summed E-state index contributed by atoms with van der Waals surface area (Å²) in [4.78, 5) is 0. The second kappa shape index (κ2) is 4.48. The van der Waals surface area contributed by atoms with Crippen molar-refractivity contribution < 1.29 is 4.74 Å². The van der Waals surface area contributed by atoms with Crippen molar-refractivity contribution in [2.75, 3.05) is 13.2 Å². The van der Waals surface area contributed by atoms with Gasteiger partial charge in [-0.2, -0.15) is 0 Å². The number of hydrogen-bond acceptors (Lipinski definition) is 1. The minimum Gasteiger partial charge on any atom is -0.377 e. The summed E-state index contributed by atoms with van der Waals surface area (Å²) >= 11 is 0. The van der Waals surface area contributed by atoms with Crippen LogP contribution in [0.15, 0.2) is 18.9 Å². The van der Waals surface area contributed by atoms with Gasteiger partial charge in [-0.15, -0.1) is 5.73 Å². The van der Waals surface area contributed by atoms with Gasteiger partial charge in [-0.3, -0.25) is 0 Å². The largest absolute Gasteiger partial charge is 0.377 e. The van der Waals surface area contributed by atoms with Crippen molar-refractivity contribution >= 4 is 0 Å². The molecular formula is C5H8O. The molecule has 0 bridgehead atoms. The summed E-state index contributed by atoms with van der Waals surface area (Å²) in [6.07, 6.45) is 0. The van der Waals surface area contributed by atoms with Gasteiger partial charge < -0.3 is 4.74 Å². The van der Waals surface area contributed by atoms with Gasteiger partial charge in [0.05, 0.1) is 13.2 Å². The molecule has 1 heterocycles. The average molecular weight is 84.1 g/mol. The molecule has 1 fully saturated rings. The normalized spacial score (nSPS) is 13.3. The third-order valence-electron chi connectivity index (χ3n) is 0.204. The molecule has 1 heteroatoms. The Morgan fingerprint density at radius 3 is 1.50 bits per heavy atom. The Hall–Kier alpha value is -0.520. The second-order valence-corrected chi connectivity index (χ2v) is 0.862. The fraction of sp³-hybridized carbons (Fsp3) is 0.400. The molecule has 0 aromatic rings. The Morgan fingerprint density at radius 1 is 1.33 bits per heavy atom. The maximum absolute atomic E-state index is 4.50. The molecule has 0 saturated carbocycles. The zero-order valence-electron chi connectivity index (χ0n) is 3.74. The van der Waals surface area contributed by atoms with Gasteiger partial charge in [-0.05, 0) is 0 Å². The van der Waals surface area contributed by atoms with Crippen molar-refractivity contribution in [1.29, 1.82) is 0 Å². The zero-order chi connectivity index (χ0) is 4.83. The van der Waals surface area contributed by atoms with Crippen LogP contribution in [-0.4, -0.2) is 13.2 Å². The zero-order valence-corrected chi connectivity index (χ0v) is 3.74. The Balaban J connectivity index is 0.0000000833. The minimum atomic E-state index is 1.00. The van der Waals surface area contributed by atoms with Gasteiger partial charge in [0.15, 0.2) is 0 Å². The van der Waals surface area contributed by atoms with E-state index >= 15 is 0 Å². The van der Waals surface area contributed by atoms with Crippen molar-refractivity contribution in [3.8, 4) is 0 Å². The lowest BCUT2D eigenvalue weighted by atomic mass is 11.0. The van der Waals surface area contributed by atoms with Crippen LogP contribution in [0.25, 0.3) is 0 Å². The molecule has 0 aromatic carbocycles. The smallest absolute Gasteiger partial charge is 0.0701 e. The molecule has 1 nitrogen and oxygen atoms in total. The fourth-order valence-electron chi connectivity index (χ4n) is 0. The fourth-order valence-corrected chi connectivity index (χ4v) is 0. The molecule has 1 aliphatic heterocycles. The molecule has 0 aromatic heterocycles. The summed E-state index contributed by atoms with van der Waals surface area (Å²) in [5, 5.41) is 0. The first kappa shape index (κ1) is 5.48. The van der Waals surface area contributed by atoms with Crippen LogP contribution in [0.3, 0.4) is 0 Å². The lowest BCUT2D eigenvalue weighted by Crippen LogP contribution is -1.20. The topological polar surface area (TPSA) is 12.5 Å². The molecule has 6 heavy (non-hydrogen) atoms. The lowest BCUT2D eigenvalue weighted by Gasteiger charge is -1.24.